The Balaban J connectivity index is 1.59. The molecule has 0 aromatic carbocycles. The van der Waals surface area contributed by atoms with Crippen molar-refractivity contribution in [1.29, 1.82) is 0 Å². The molecule has 3 rings (SSSR count). The molecule has 0 atom stereocenters. The Morgan fingerprint density at radius 2 is 2.26 bits per heavy atom. The number of aromatic nitrogens is 1. The van der Waals surface area contributed by atoms with E-state index in [2.05, 4.69) is 4.98 Å². The summed E-state index contributed by atoms with van der Waals surface area (Å²) in [7, 11) is 1.81. The highest BCUT2D eigenvalue weighted by Crippen LogP contribution is 2.27. The van der Waals surface area contributed by atoms with Crippen LogP contribution in [0.3, 0.4) is 0 Å². The molecule has 0 saturated heterocycles. The number of hydrogen-bond donors (Lipinski definition) is 1. The fourth-order valence-corrected chi connectivity index (χ4v) is 4.61. The van der Waals surface area contributed by atoms with Crippen molar-refractivity contribution in [3.8, 4) is 0 Å². The topological polar surface area (TPSA) is 53.4 Å². The number of aryl methyl sites for hydroxylation is 2. The van der Waals surface area contributed by atoms with Crippen molar-refractivity contribution < 1.29 is 9.90 Å². The van der Waals surface area contributed by atoms with Crippen LogP contribution in [0.15, 0.2) is 17.5 Å². The van der Waals surface area contributed by atoms with E-state index in [0.29, 0.717) is 6.54 Å². The highest BCUT2D eigenvalue weighted by molar-refractivity contribution is 7.11. The average Bonchev–Trinajstić information content (AvgIpc) is 3.18. The third-order valence-electron chi connectivity index (χ3n) is 3.89. The van der Waals surface area contributed by atoms with Gasteiger partial charge in [-0.3, -0.25) is 4.79 Å². The third-order valence-corrected chi connectivity index (χ3v) is 5.97. The molecule has 2 aromatic heterocycles. The van der Waals surface area contributed by atoms with Crippen LogP contribution in [-0.2, 0) is 30.8 Å². The van der Waals surface area contributed by atoms with Crippen LogP contribution in [-0.4, -0.2) is 27.9 Å². The van der Waals surface area contributed by atoms with Gasteiger partial charge in [-0.15, -0.1) is 22.7 Å². The van der Waals surface area contributed by atoms with Gasteiger partial charge in [-0.05, 0) is 48.8 Å². The highest BCUT2D eigenvalue weighted by atomic mass is 32.1. The number of likely N-dealkylation sites (N-methyl/N-ethyl adjacent to an activating group) is 1. The van der Waals surface area contributed by atoms with Crippen LogP contribution in [0.4, 0.5) is 0 Å². The van der Waals surface area contributed by atoms with E-state index < -0.39 is 0 Å². The lowest BCUT2D eigenvalue weighted by atomic mass is 10.0. The minimum atomic E-state index is -0.0304. The molecule has 0 saturated carbocycles. The van der Waals surface area contributed by atoms with Crippen LogP contribution < -0.4 is 0 Å². The van der Waals surface area contributed by atoms with E-state index in [4.69, 9.17) is 5.11 Å². The van der Waals surface area contributed by atoms with Gasteiger partial charge in [-0.1, -0.05) is 0 Å². The Hall–Kier alpha value is -1.50. The van der Waals surface area contributed by atoms with Gasteiger partial charge >= 0.3 is 0 Å². The van der Waals surface area contributed by atoms with E-state index in [1.54, 1.807) is 35.4 Å². The molecule has 122 valence electrons. The molecule has 0 unspecified atom stereocenters. The molecule has 0 aliphatic heterocycles. The fourth-order valence-electron chi connectivity index (χ4n) is 2.60. The van der Waals surface area contributed by atoms with Crippen molar-refractivity contribution in [2.24, 2.45) is 0 Å². The molecule has 1 aliphatic carbocycles. The van der Waals surface area contributed by atoms with Crippen LogP contribution in [0, 0.1) is 0 Å². The maximum atomic E-state index is 12.2. The molecule has 6 heteroatoms. The first-order valence-electron chi connectivity index (χ1n) is 7.74. The van der Waals surface area contributed by atoms with Gasteiger partial charge in [0.25, 0.3) is 0 Å². The number of carbonyl (C=O) groups excluding carboxylic acids is 1. The smallest absolute Gasteiger partial charge is 0.246 e. The zero-order valence-electron chi connectivity index (χ0n) is 13.1. The van der Waals surface area contributed by atoms with Crippen LogP contribution >= 0.6 is 22.7 Å². The summed E-state index contributed by atoms with van der Waals surface area (Å²) in [6.07, 6.45) is 8.08. The molecule has 1 N–H and O–H groups in total. The summed E-state index contributed by atoms with van der Waals surface area (Å²) >= 11 is 3.27. The summed E-state index contributed by atoms with van der Waals surface area (Å²) in [5.41, 5.74) is 2.12. The van der Waals surface area contributed by atoms with E-state index in [0.717, 1.165) is 28.3 Å². The number of fused-ring (bicyclic) bond motifs is 1. The van der Waals surface area contributed by atoms with Gasteiger partial charge in [0, 0.05) is 22.9 Å². The molecule has 23 heavy (non-hydrogen) atoms. The van der Waals surface area contributed by atoms with E-state index >= 15 is 0 Å². The zero-order valence-corrected chi connectivity index (χ0v) is 14.8. The average molecular weight is 348 g/mol. The van der Waals surface area contributed by atoms with Crippen molar-refractivity contribution in [3.05, 3.63) is 43.5 Å². The number of nitrogens with zero attached hydrogens (tertiary/aromatic N) is 2. The van der Waals surface area contributed by atoms with E-state index in [1.165, 1.54) is 34.7 Å². The van der Waals surface area contributed by atoms with Gasteiger partial charge in [-0.2, -0.15) is 0 Å². The number of thiazole rings is 1. The minimum Gasteiger partial charge on any atom is -0.392 e. The second-order valence-electron chi connectivity index (χ2n) is 5.73. The van der Waals surface area contributed by atoms with Crippen molar-refractivity contribution in [1.82, 2.24) is 9.88 Å². The van der Waals surface area contributed by atoms with Gasteiger partial charge < -0.3 is 10.0 Å². The van der Waals surface area contributed by atoms with Gasteiger partial charge in [-0.25, -0.2) is 4.98 Å². The molecule has 2 aromatic rings. The number of carbonyl (C=O) groups is 1. The highest BCUT2D eigenvalue weighted by Gasteiger charge is 2.16. The monoisotopic (exact) mass is 348 g/mol. The van der Waals surface area contributed by atoms with E-state index in [1.807, 2.05) is 11.4 Å². The van der Waals surface area contributed by atoms with Gasteiger partial charge in [0.1, 0.15) is 5.01 Å². The molecule has 1 aliphatic rings. The summed E-state index contributed by atoms with van der Waals surface area (Å²) in [6, 6.07) is 1.89. The van der Waals surface area contributed by atoms with Crippen LogP contribution in [0.25, 0.3) is 6.08 Å². The van der Waals surface area contributed by atoms with Crippen LogP contribution in [0.1, 0.15) is 38.9 Å². The molecule has 0 bridgehead atoms. The fraction of sp³-hybridized carbons (Fsp3) is 0.412. The number of aliphatic hydroxyl groups is 1. The molecule has 0 fully saturated rings. The standard InChI is InChI=1S/C17H20N2O2S2/c1-19(9-16-18-14-4-2-3-5-15(14)23-16)17(21)7-6-13-8-12(10-20)11-22-13/h6-8,11,20H,2-5,9-10H2,1H3/b7-6+. The number of thiophene rings is 1. The lowest BCUT2D eigenvalue weighted by molar-refractivity contribution is -0.125. The van der Waals surface area contributed by atoms with Crippen molar-refractivity contribution >= 4 is 34.7 Å². The second kappa shape index (κ2) is 7.38. The predicted octanol–water partition coefficient (Wildman–Crippen LogP) is 3.25. The summed E-state index contributed by atoms with van der Waals surface area (Å²) in [6.45, 7) is 0.597. The Kier molecular flexibility index (Phi) is 5.25. The maximum absolute atomic E-state index is 12.2. The van der Waals surface area contributed by atoms with Crippen molar-refractivity contribution in [2.75, 3.05) is 7.05 Å². The van der Waals surface area contributed by atoms with E-state index in [9.17, 15) is 4.79 Å². The summed E-state index contributed by atoms with van der Waals surface area (Å²) in [4.78, 5) is 21.0. The van der Waals surface area contributed by atoms with Crippen molar-refractivity contribution in [2.45, 2.75) is 38.8 Å². The Bertz CT molecular complexity index is 695. The van der Waals surface area contributed by atoms with Crippen LogP contribution in [0.2, 0.25) is 0 Å². The number of rotatable bonds is 5. The molecule has 0 spiro atoms. The van der Waals surface area contributed by atoms with Gasteiger partial charge in [0.2, 0.25) is 5.91 Å². The largest absolute Gasteiger partial charge is 0.392 e. The molecular weight excluding hydrogens is 328 g/mol. The lowest BCUT2D eigenvalue weighted by Crippen LogP contribution is -2.24. The number of aliphatic hydroxyl groups excluding tert-OH is 1. The minimum absolute atomic E-state index is 0.0304. The first kappa shape index (κ1) is 16.4. The Morgan fingerprint density at radius 3 is 3.00 bits per heavy atom. The van der Waals surface area contributed by atoms with Crippen molar-refractivity contribution in [3.63, 3.8) is 0 Å². The molecule has 0 radical (unpaired) electrons. The van der Waals surface area contributed by atoms with Crippen LogP contribution in [0.5, 0.6) is 0 Å². The second-order valence-corrected chi connectivity index (χ2v) is 7.84. The SMILES string of the molecule is CN(Cc1nc2c(s1)CCCC2)C(=O)/C=C/c1cc(CO)cs1. The van der Waals surface area contributed by atoms with E-state index in [-0.39, 0.29) is 12.5 Å². The summed E-state index contributed by atoms with van der Waals surface area (Å²) < 4.78 is 0. The molecular formula is C17H20N2O2S2. The normalized spacial score (nSPS) is 14.2. The Labute approximate surface area is 144 Å². The Morgan fingerprint density at radius 1 is 1.43 bits per heavy atom. The molecule has 1 amide bonds. The van der Waals surface area contributed by atoms with Gasteiger partial charge in [0.05, 0.1) is 18.8 Å². The summed E-state index contributed by atoms with van der Waals surface area (Å²) in [5.74, 6) is -0.0304. The lowest BCUT2D eigenvalue weighted by Gasteiger charge is -2.12. The first-order chi connectivity index (χ1) is 11.2. The summed E-state index contributed by atoms with van der Waals surface area (Å²) in [5, 5.41) is 12.0. The first-order valence-corrected chi connectivity index (χ1v) is 9.44. The predicted molar refractivity (Wildman–Crippen MR) is 94.5 cm³/mol. The van der Waals surface area contributed by atoms with Gasteiger partial charge in [0.15, 0.2) is 0 Å². The third kappa shape index (κ3) is 4.07. The number of hydrogen-bond acceptors (Lipinski definition) is 5. The quantitative estimate of drug-likeness (QED) is 0.844. The molecule has 2 heterocycles. The number of amides is 1. The molecule has 4 nitrogen and oxygen atoms in total. The maximum Gasteiger partial charge on any atom is 0.246 e. The zero-order chi connectivity index (χ0) is 16.2.